The lowest BCUT2D eigenvalue weighted by Crippen LogP contribution is -2.22. The van der Waals surface area contributed by atoms with E-state index < -0.39 is 11.2 Å². The van der Waals surface area contributed by atoms with Crippen LogP contribution in [0.25, 0.3) is 11.4 Å². The lowest BCUT2D eigenvalue weighted by molar-refractivity contribution is -0.137. The maximum Gasteiger partial charge on any atom is 0.316 e. The molecule has 2 aromatic rings. The van der Waals surface area contributed by atoms with Crippen molar-refractivity contribution in [1.29, 1.82) is 0 Å². The largest absolute Gasteiger partial charge is 0.480 e. The van der Waals surface area contributed by atoms with Crippen LogP contribution < -0.4 is 0 Å². The highest BCUT2D eigenvalue weighted by molar-refractivity contribution is 7.99. The lowest BCUT2D eigenvalue weighted by atomic mass is 10.1. The van der Waals surface area contributed by atoms with E-state index in [9.17, 15) is 4.79 Å². The Balaban J connectivity index is 2.07. The van der Waals surface area contributed by atoms with Crippen LogP contribution in [0.15, 0.2) is 28.8 Å². The number of carboxylic acids is 1. The molecule has 7 heteroatoms. The van der Waals surface area contributed by atoms with Gasteiger partial charge >= 0.3 is 5.97 Å². The fourth-order valence-corrected chi connectivity index (χ4v) is 2.96. The van der Waals surface area contributed by atoms with Gasteiger partial charge in [-0.1, -0.05) is 42.7 Å². The molecule has 1 aromatic carbocycles. The second-order valence-electron chi connectivity index (χ2n) is 4.81. The number of thioether (sulfide) groups is 1. The zero-order chi connectivity index (χ0) is 15.4. The Morgan fingerprint density at radius 3 is 2.76 bits per heavy atom. The van der Waals surface area contributed by atoms with Crippen molar-refractivity contribution < 1.29 is 14.4 Å². The number of benzene rings is 1. The maximum absolute atomic E-state index is 11.1. The number of nitrogens with zero attached hydrogens (tertiary/aromatic N) is 2. The average molecular weight is 327 g/mol. The Morgan fingerprint density at radius 1 is 1.43 bits per heavy atom. The maximum atomic E-state index is 11.1. The van der Waals surface area contributed by atoms with Crippen molar-refractivity contribution in [2.45, 2.75) is 24.9 Å². The van der Waals surface area contributed by atoms with Gasteiger partial charge in [0, 0.05) is 5.56 Å². The van der Waals surface area contributed by atoms with Gasteiger partial charge in [-0.05, 0) is 18.1 Å². The summed E-state index contributed by atoms with van der Waals surface area (Å²) in [7, 11) is 0. The van der Waals surface area contributed by atoms with Gasteiger partial charge in [0.05, 0.1) is 10.8 Å². The first-order valence-electron chi connectivity index (χ1n) is 6.41. The number of hydrogen-bond acceptors (Lipinski definition) is 5. The summed E-state index contributed by atoms with van der Waals surface area (Å²) in [6, 6.07) is 7.22. The minimum Gasteiger partial charge on any atom is -0.480 e. The van der Waals surface area contributed by atoms with E-state index >= 15 is 0 Å². The van der Waals surface area contributed by atoms with Crippen LogP contribution in [0.4, 0.5) is 0 Å². The summed E-state index contributed by atoms with van der Waals surface area (Å²) < 4.78 is 5.15. The van der Waals surface area contributed by atoms with Crippen LogP contribution in [0.3, 0.4) is 0 Å². The molecule has 1 atom stereocenters. The van der Waals surface area contributed by atoms with Crippen LogP contribution in [0.2, 0.25) is 5.02 Å². The predicted octanol–water partition coefficient (Wildman–Crippen LogP) is 3.73. The molecule has 21 heavy (non-hydrogen) atoms. The second-order valence-corrected chi connectivity index (χ2v) is 6.34. The molecular weight excluding hydrogens is 312 g/mol. The Bertz CT molecular complexity index is 630. The van der Waals surface area contributed by atoms with E-state index in [2.05, 4.69) is 10.1 Å². The average Bonchev–Trinajstić information content (AvgIpc) is 2.87. The summed E-state index contributed by atoms with van der Waals surface area (Å²) in [5, 5.41) is 13.1. The van der Waals surface area contributed by atoms with Crippen molar-refractivity contribution in [2.24, 2.45) is 5.92 Å². The van der Waals surface area contributed by atoms with Gasteiger partial charge < -0.3 is 9.63 Å². The summed E-state index contributed by atoms with van der Waals surface area (Å²) >= 11 is 7.35. The van der Waals surface area contributed by atoms with E-state index in [1.54, 1.807) is 12.1 Å². The van der Waals surface area contributed by atoms with Crippen LogP contribution >= 0.6 is 23.4 Å². The van der Waals surface area contributed by atoms with Crippen molar-refractivity contribution in [3.8, 4) is 11.4 Å². The monoisotopic (exact) mass is 326 g/mol. The zero-order valence-corrected chi connectivity index (χ0v) is 13.2. The van der Waals surface area contributed by atoms with E-state index in [4.69, 9.17) is 21.2 Å². The van der Waals surface area contributed by atoms with E-state index in [1.165, 1.54) is 11.8 Å². The normalized spacial score (nSPS) is 12.6. The molecule has 0 radical (unpaired) electrons. The molecule has 2 rings (SSSR count). The standard InChI is InChI=1S/C14H15ClN2O3S/c1-8(2)12(14(18)19)21-7-11-16-13(17-20-11)9-5-3-4-6-10(9)15/h3-6,8,12H,7H2,1-2H3,(H,18,19). The zero-order valence-electron chi connectivity index (χ0n) is 11.6. The SMILES string of the molecule is CC(C)C(SCc1nc(-c2ccccc2Cl)no1)C(=O)O. The van der Waals surface area contributed by atoms with Gasteiger partial charge in [-0.15, -0.1) is 11.8 Å². The highest BCUT2D eigenvalue weighted by atomic mass is 35.5. The molecule has 1 N–H and O–H groups in total. The summed E-state index contributed by atoms with van der Waals surface area (Å²) in [5.41, 5.74) is 0.692. The number of carbonyl (C=O) groups is 1. The highest BCUT2D eigenvalue weighted by Gasteiger charge is 2.23. The minimum atomic E-state index is -0.833. The predicted molar refractivity (Wildman–Crippen MR) is 82.3 cm³/mol. The molecule has 0 aliphatic carbocycles. The highest BCUT2D eigenvalue weighted by Crippen LogP contribution is 2.27. The lowest BCUT2D eigenvalue weighted by Gasteiger charge is -2.13. The molecule has 0 saturated heterocycles. The number of aliphatic carboxylic acids is 1. The number of aromatic nitrogens is 2. The number of rotatable bonds is 6. The molecular formula is C14H15ClN2O3S. The van der Waals surface area contributed by atoms with Crippen LogP contribution in [-0.4, -0.2) is 26.5 Å². The number of carboxylic acid groups (broad SMARTS) is 1. The molecule has 0 fully saturated rings. The third kappa shape index (κ3) is 3.98. The van der Waals surface area contributed by atoms with E-state index in [0.717, 1.165) is 0 Å². The van der Waals surface area contributed by atoms with E-state index in [1.807, 2.05) is 26.0 Å². The third-order valence-electron chi connectivity index (χ3n) is 2.82. The summed E-state index contributed by atoms with van der Waals surface area (Å²) in [5.74, 6) is 0.348. The third-order valence-corrected chi connectivity index (χ3v) is 4.67. The molecule has 0 bridgehead atoms. The summed E-state index contributed by atoms with van der Waals surface area (Å²) in [4.78, 5) is 15.4. The van der Waals surface area contributed by atoms with Crippen LogP contribution in [-0.2, 0) is 10.5 Å². The van der Waals surface area contributed by atoms with Gasteiger partial charge in [-0.25, -0.2) is 0 Å². The van der Waals surface area contributed by atoms with Crippen molar-refractivity contribution >= 4 is 29.3 Å². The van der Waals surface area contributed by atoms with Gasteiger partial charge in [0.2, 0.25) is 11.7 Å². The Hall–Kier alpha value is -1.53. The van der Waals surface area contributed by atoms with Gasteiger partial charge in [0.25, 0.3) is 0 Å². The van der Waals surface area contributed by atoms with Gasteiger partial charge in [-0.3, -0.25) is 4.79 Å². The van der Waals surface area contributed by atoms with Crippen LogP contribution in [0.1, 0.15) is 19.7 Å². The fourth-order valence-electron chi connectivity index (χ4n) is 1.78. The minimum absolute atomic E-state index is 0.0264. The van der Waals surface area contributed by atoms with Gasteiger partial charge in [0.1, 0.15) is 5.25 Å². The van der Waals surface area contributed by atoms with Gasteiger partial charge in [-0.2, -0.15) is 4.98 Å². The summed E-state index contributed by atoms with van der Waals surface area (Å²) in [6.07, 6.45) is 0. The summed E-state index contributed by atoms with van der Waals surface area (Å²) in [6.45, 7) is 3.74. The molecule has 0 aliphatic heterocycles. The second kappa shape index (κ2) is 6.95. The molecule has 0 spiro atoms. The van der Waals surface area contributed by atoms with Crippen LogP contribution in [0, 0.1) is 5.92 Å². The molecule has 1 heterocycles. The van der Waals surface area contributed by atoms with Gasteiger partial charge in [0.15, 0.2) is 0 Å². The molecule has 1 aromatic heterocycles. The quantitative estimate of drug-likeness (QED) is 0.871. The Labute approximate surface area is 131 Å². The topological polar surface area (TPSA) is 76.2 Å². The Kier molecular flexibility index (Phi) is 5.25. The van der Waals surface area contributed by atoms with Crippen molar-refractivity contribution in [3.05, 3.63) is 35.2 Å². The van der Waals surface area contributed by atoms with Crippen LogP contribution in [0.5, 0.6) is 0 Å². The molecule has 0 amide bonds. The smallest absolute Gasteiger partial charge is 0.316 e. The number of halogens is 1. The van der Waals surface area contributed by atoms with E-state index in [0.29, 0.717) is 28.1 Å². The number of hydrogen-bond donors (Lipinski definition) is 1. The molecule has 0 aliphatic rings. The Morgan fingerprint density at radius 2 is 2.14 bits per heavy atom. The van der Waals surface area contributed by atoms with Crippen molar-refractivity contribution in [1.82, 2.24) is 10.1 Å². The first kappa shape index (κ1) is 15.9. The first-order valence-corrected chi connectivity index (χ1v) is 7.83. The molecule has 1 unspecified atom stereocenters. The fraction of sp³-hybridized carbons (Fsp3) is 0.357. The molecule has 112 valence electrons. The molecule has 0 saturated carbocycles. The van der Waals surface area contributed by atoms with Crippen molar-refractivity contribution in [2.75, 3.05) is 0 Å². The first-order chi connectivity index (χ1) is 9.99. The molecule has 5 nitrogen and oxygen atoms in total. The van der Waals surface area contributed by atoms with E-state index in [-0.39, 0.29) is 5.92 Å². The van der Waals surface area contributed by atoms with Crippen molar-refractivity contribution in [3.63, 3.8) is 0 Å².